The Morgan fingerprint density at radius 2 is 2.09 bits per heavy atom. The van der Waals surface area contributed by atoms with Gasteiger partial charge in [-0.2, -0.15) is 15.3 Å². The van der Waals surface area contributed by atoms with Gasteiger partial charge in [0, 0.05) is 48.7 Å². The number of hydrogen-bond donors (Lipinski definition) is 1. The van der Waals surface area contributed by atoms with Crippen molar-refractivity contribution in [3.8, 4) is 34.2 Å². The molecule has 1 aromatic carbocycles. The van der Waals surface area contributed by atoms with Crippen molar-refractivity contribution in [1.82, 2.24) is 24.9 Å². The van der Waals surface area contributed by atoms with Crippen molar-refractivity contribution in [2.24, 2.45) is 0 Å². The molecule has 0 saturated carbocycles. The number of amides is 1. The predicted octanol–water partition coefficient (Wildman–Crippen LogP) is 3.17. The van der Waals surface area contributed by atoms with E-state index in [0.29, 0.717) is 47.0 Å². The molecule has 0 radical (unpaired) electrons. The summed E-state index contributed by atoms with van der Waals surface area (Å²) in [6.45, 7) is 3.13. The smallest absolute Gasteiger partial charge is 0.251 e. The zero-order valence-corrected chi connectivity index (χ0v) is 18.8. The van der Waals surface area contributed by atoms with Crippen LogP contribution in [0.1, 0.15) is 27.9 Å². The highest BCUT2D eigenvalue weighted by molar-refractivity contribution is 5.96. The third kappa shape index (κ3) is 4.07. The first kappa shape index (κ1) is 21.6. The number of nitriles is 1. The second kappa shape index (κ2) is 8.92. The number of nitrogens with zero attached hydrogens (tertiary/aromatic N) is 5. The molecule has 1 amide bonds. The highest BCUT2D eigenvalue weighted by atomic mass is 16.5. The largest absolute Gasteiger partial charge is 0.471 e. The van der Waals surface area contributed by atoms with Gasteiger partial charge in [0.15, 0.2) is 5.65 Å². The number of rotatable bonds is 5. The molecule has 5 rings (SSSR count). The number of hydrogen-bond acceptors (Lipinski definition) is 7. The molecule has 9 nitrogen and oxygen atoms in total. The van der Waals surface area contributed by atoms with Crippen molar-refractivity contribution in [3.05, 3.63) is 65.7 Å². The zero-order chi connectivity index (χ0) is 23.7. The first-order chi connectivity index (χ1) is 16.6. The number of nitrogens with one attached hydrogen (secondary N) is 1. The third-order valence-corrected chi connectivity index (χ3v) is 5.67. The lowest BCUT2D eigenvalue weighted by atomic mass is 10.0. The zero-order valence-electron chi connectivity index (χ0n) is 18.8. The van der Waals surface area contributed by atoms with E-state index < -0.39 is 0 Å². The highest BCUT2D eigenvalue weighted by Gasteiger charge is 2.22. The molecule has 3 aromatic heterocycles. The quantitative estimate of drug-likeness (QED) is 0.493. The Labute approximate surface area is 196 Å². The van der Waals surface area contributed by atoms with Gasteiger partial charge in [-0.05, 0) is 42.3 Å². The van der Waals surface area contributed by atoms with Crippen molar-refractivity contribution in [3.63, 3.8) is 0 Å². The third-order valence-electron chi connectivity index (χ3n) is 5.67. The van der Waals surface area contributed by atoms with Gasteiger partial charge in [-0.1, -0.05) is 0 Å². The van der Waals surface area contributed by atoms with Crippen molar-refractivity contribution in [2.75, 3.05) is 20.3 Å². The van der Waals surface area contributed by atoms with Crippen LogP contribution in [0, 0.1) is 18.3 Å². The van der Waals surface area contributed by atoms with Gasteiger partial charge < -0.3 is 14.8 Å². The average Bonchev–Trinajstić information content (AvgIpc) is 3.52. The van der Waals surface area contributed by atoms with E-state index in [1.807, 2.05) is 19.2 Å². The van der Waals surface area contributed by atoms with E-state index in [0.717, 1.165) is 23.1 Å². The van der Waals surface area contributed by atoms with Gasteiger partial charge >= 0.3 is 0 Å². The maximum Gasteiger partial charge on any atom is 0.251 e. The first-order valence-corrected chi connectivity index (χ1v) is 10.9. The van der Waals surface area contributed by atoms with Gasteiger partial charge in [0.25, 0.3) is 5.91 Å². The lowest BCUT2D eigenvalue weighted by Crippen LogP contribution is -2.18. The second-order valence-electron chi connectivity index (χ2n) is 8.13. The van der Waals surface area contributed by atoms with E-state index >= 15 is 0 Å². The minimum atomic E-state index is -0.276. The molecule has 170 valence electrons. The van der Waals surface area contributed by atoms with E-state index in [1.54, 1.807) is 48.4 Å². The molecule has 4 aromatic rings. The van der Waals surface area contributed by atoms with Crippen molar-refractivity contribution >= 4 is 11.6 Å². The molecule has 1 atom stereocenters. The maximum absolute atomic E-state index is 12.2. The highest BCUT2D eigenvalue weighted by Crippen LogP contribution is 2.33. The molecular weight excluding hydrogens is 432 g/mol. The summed E-state index contributed by atoms with van der Waals surface area (Å²) in [5.41, 5.74) is 5.32. The molecule has 1 aliphatic rings. The standard InChI is InChI=1S/C25H22N6O3/c1-15-5-19(11-28-10-15)22-13-31-23(30-25(22)34-20-3-4-33-14-20)21(12-29-31)17-6-16(9-26)7-18(8-17)24(32)27-2/h5-8,10-13,20H,3-4,14H2,1-2H3,(H,27,32)/t20-/m0/s1. The second-order valence-corrected chi connectivity index (χ2v) is 8.13. The molecule has 0 spiro atoms. The van der Waals surface area contributed by atoms with Crippen LogP contribution in [-0.4, -0.2) is 51.9 Å². The van der Waals surface area contributed by atoms with E-state index in [9.17, 15) is 10.1 Å². The summed E-state index contributed by atoms with van der Waals surface area (Å²) in [5.74, 6) is 0.183. The Morgan fingerprint density at radius 3 is 2.82 bits per heavy atom. The van der Waals surface area contributed by atoms with Gasteiger partial charge in [-0.25, -0.2) is 4.52 Å². The molecule has 34 heavy (non-hydrogen) atoms. The summed E-state index contributed by atoms with van der Waals surface area (Å²) in [4.78, 5) is 21.4. The van der Waals surface area contributed by atoms with Gasteiger partial charge in [0.05, 0.1) is 36.6 Å². The van der Waals surface area contributed by atoms with Gasteiger partial charge in [0.2, 0.25) is 5.88 Å². The monoisotopic (exact) mass is 454 g/mol. The summed E-state index contributed by atoms with van der Waals surface area (Å²) >= 11 is 0. The molecule has 4 heterocycles. The fraction of sp³-hybridized carbons (Fsp3) is 0.240. The van der Waals surface area contributed by atoms with Crippen molar-refractivity contribution in [2.45, 2.75) is 19.4 Å². The number of benzene rings is 1. The molecule has 1 saturated heterocycles. The minimum absolute atomic E-state index is 0.0976. The summed E-state index contributed by atoms with van der Waals surface area (Å²) in [7, 11) is 1.55. The summed E-state index contributed by atoms with van der Waals surface area (Å²) in [5, 5.41) is 16.6. The molecule has 0 bridgehead atoms. The van der Waals surface area contributed by atoms with Crippen LogP contribution in [0.2, 0.25) is 0 Å². The first-order valence-electron chi connectivity index (χ1n) is 10.9. The number of aryl methyl sites for hydroxylation is 1. The van der Waals surface area contributed by atoms with Crippen LogP contribution in [-0.2, 0) is 4.74 Å². The Morgan fingerprint density at radius 1 is 1.21 bits per heavy atom. The van der Waals surface area contributed by atoms with Crippen LogP contribution in [0.3, 0.4) is 0 Å². The normalized spacial score (nSPS) is 15.3. The lowest BCUT2D eigenvalue weighted by Gasteiger charge is -2.15. The lowest BCUT2D eigenvalue weighted by molar-refractivity contribution is 0.0963. The number of ether oxygens (including phenoxy) is 2. The number of carbonyl (C=O) groups excluding carboxylic acids is 1. The van der Waals surface area contributed by atoms with Gasteiger partial charge in [0.1, 0.15) is 6.10 Å². The van der Waals surface area contributed by atoms with Crippen molar-refractivity contribution < 1.29 is 14.3 Å². The van der Waals surface area contributed by atoms with Crippen LogP contribution in [0.4, 0.5) is 0 Å². The van der Waals surface area contributed by atoms with Crippen LogP contribution >= 0.6 is 0 Å². The number of aromatic nitrogens is 4. The van der Waals surface area contributed by atoms with Crippen LogP contribution in [0.15, 0.2) is 49.1 Å². The molecule has 1 N–H and O–H groups in total. The number of carbonyl (C=O) groups is 1. The van der Waals surface area contributed by atoms with E-state index in [4.69, 9.17) is 14.5 Å². The van der Waals surface area contributed by atoms with Crippen LogP contribution in [0.5, 0.6) is 5.88 Å². The number of fused-ring (bicyclic) bond motifs is 1. The maximum atomic E-state index is 12.2. The molecule has 0 unspecified atom stereocenters. The summed E-state index contributed by atoms with van der Waals surface area (Å²) < 4.78 is 13.4. The average molecular weight is 454 g/mol. The number of pyridine rings is 1. The van der Waals surface area contributed by atoms with Crippen molar-refractivity contribution in [1.29, 1.82) is 5.26 Å². The van der Waals surface area contributed by atoms with Gasteiger partial charge in [-0.15, -0.1) is 0 Å². The Kier molecular flexibility index (Phi) is 5.65. The summed E-state index contributed by atoms with van der Waals surface area (Å²) in [6.07, 6.45) is 7.78. The van der Waals surface area contributed by atoms with Crippen LogP contribution in [0.25, 0.3) is 27.9 Å². The molecular formula is C25H22N6O3. The van der Waals surface area contributed by atoms with E-state index in [2.05, 4.69) is 21.5 Å². The predicted molar refractivity (Wildman–Crippen MR) is 124 cm³/mol. The Bertz CT molecular complexity index is 1430. The minimum Gasteiger partial charge on any atom is -0.471 e. The van der Waals surface area contributed by atoms with Gasteiger partial charge in [-0.3, -0.25) is 9.78 Å². The fourth-order valence-corrected chi connectivity index (χ4v) is 3.98. The molecule has 9 heteroatoms. The fourth-order valence-electron chi connectivity index (χ4n) is 3.98. The summed E-state index contributed by atoms with van der Waals surface area (Å²) in [6, 6.07) is 9.13. The molecule has 1 fully saturated rings. The topological polar surface area (TPSA) is 114 Å². The molecule has 1 aliphatic heterocycles. The SMILES string of the molecule is CNC(=O)c1cc(C#N)cc(-c2cnn3cc(-c4cncc(C)c4)c(O[C@H]4CCOC4)nc23)c1. The van der Waals surface area contributed by atoms with Crippen LogP contribution < -0.4 is 10.1 Å². The van der Waals surface area contributed by atoms with E-state index in [1.165, 1.54) is 0 Å². The molecule has 0 aliphatic carbocycles. The Balaban J connectivity index is 1.67. The van der Waals surface area contributed by atoms with E-state index in [-0.39, 0.29) is 12.0 Å². The Hall–Kier alpha value is -4.29.